The first-order valence-corrected chi connectivity index (χ1v) is 6.34. The van der Waals surface area contributed by atoms with Crippen molar-refractivity contribution in [1.82, 2.24) is 10.6 Å². The Kier molecular flexibility index (Phi) is 5.09. The zero-order chi connectivity index (χ0) is 14.7. The summed E-state index contributed by atoms with van der Waals surface area (Å²) in [4.78, 5) is 11.7. The zero-order valence-electron chi connectivity index (χ0n) is 11.5. The number of aliphatic hydroxyl groups is 1. The highest BCUT2D eigenvalue weighted by atomic mass is 19.3. The van der Waals surface area contributed by atoms with Gasteiger partial charge in [-0.15, -0.1) is 0 Å². The van der Waals surface area contributed by atoms with Gasteiger partial charge in [0.1, 0.15) is 11.7 Å². The first-order valence-electron chi connectivity index (χ1n) is 6.34. The minimum Gasteiger partial charge on any atom is -0.444 e. The Bertz CT molecular complexity index is 313. The monoisotopic (exact) mass is 280 g/mol. The Morgan fingerprint density at radius 2 is 2.11 bits per heavy atom. The van der Waals surface area contributed by atoms with Crippen LogP contribution in [0.25, 0.3) is 0 Å². The predicted octanol–water partition coefficient (Wildman–Crippen LogP) is 1.26. The molecule has 2 unspecified atom stereocenters. The molecule has 0 saturated carbocycles. The van der Waals surface area contributed by atoms with Gasteiger partial charge in [-0.1, -0.05) is 0 Å². The van der Waals surface area contributed by atoms with E-state index in [4.69, 9.17) is 4.74 Å². The lowest BCUT2D eigenvalue weighted by molar-refractivity contribution is -0.0690. The van der Waals surface area contributed by atoms with Crippen LogP contribution >= 0.6 is 0 Å². The third-order valence-electron chi connectivity index (χ3n) is 2.97. The summed E-state index contributed by atoms with van der Waals surface area (Å²) in [5.74, 6) is 0. The van der Waals surface area contributed by atoms with Crippen molar-refractivity contribution in [1.29, 1.82) is 0 Å². The summed E-state index contributed by atoms with van der Waals surface area (Å²) >= 11 is 0. The van der Waals surface area contributed by atoms with Gasteiger partial charge in [-0.2, -0.15) is 0 Å². The highest BCUT2D eigenvalue weighted by molar-refractivity contribution is 5.69. The number of nitrogens with one attached hydrogen (secondary N) is 2. The van der Waals surface area contributed by atoms with Gasteiger partial charge in [-0.25, -0.2) is 13.6 Å². The molecular weight excluding hydrogens is 258 g/mol. The number of aliphatic hydroxyl groups excluding tert-OH is 1. The van der Waals surface area contributed by atoms with Crippen molar-refractivity contribution in [2.24, 2.45) is 0 Å². The molecule has 1 amide bonds. The summed E-state index contributed by atoms with van der Waals surface area (Å²) in [6, 6.07) is 0. The Balaban J connectivity index is 2.77. The van der Waals surface area contributed by atoms with Gasteiger partial charge in [0.15, 0.2) is 0 Å². The van der Waals surface area contributed by atoms with Crippen molar-refractivity contribution in [3.8, 4) is 0 Å². The number of hydrogen-bond acceptors (Lipinski definition) is 4. The van der Waals surface area contributed by atoms with Crippen LogP contribution in [0.3, 0.4) is 0 Å². The van der Waals surface area contributed by atoms with Crippen LogP contribution < -0.4 is 10.6 Å². The van der Waals surface area contributed by atoms with E-state index in [-0.39, 0.29) is 13.0 Å². The average Bonchev–Trinajstić information content (AvgIpc) is 2.26. The first kappa shape index (κ1) is 16.1. The number of ether oxygens (including phenoxy) is 1. The number of halogens is 2. The maximum Gasteiger partial charge on any atom is 0.408 e. The molecule has 0 aromatic heterocycles. The second-order valence-corrected chi connectivity index (χ2v) is 5.84. The fraction of sp³-hybridized carbons (Fsp3) is 0.917. The van der Waals surface area contributed by atoms with Crippen molar-refractivity contribution in [3.05, 3.63) is 0 Å². The summed E-state index contributed by atoms with van der Waals surface area (Å²) in [5, 5.41) is 15.0. The van der Waals surface area contributed by atoms with Gasteiger partial charge in [0, 0.05) is 6.54 Å². The molecule has 1 fully saturated rings. The zero-order valence-corrected chi connectivity index (χ0v) is 11.5. The quantitative estimate of drug-likeness (QED) is 0.728. The van der Waals surface area contributed by atoms with E-state index >= 15 is 0 Å². The number of piperidine rings is 1. The molecule has 19 heavy (non-hydrogen) atoms. The third kappa shape index (κ3) is 4.58. The van der Waals surface area contributed by atoms with Crippen LogP contribution in [0.4, 0.5) is 13.6 Å². The van der Waals surface area contributed by atoms with Gasteiger partial charge < -0.3 is 20.5 Å². The Morgan fingerprint density at radius 1 is 1.47 bits per heavy atom. The van der Waals surface area contributed by atoms with Crippen molar-refractivity contribution >= 4 is 6.09 Å². The maximum atomic E-state index is 12.8. The van der Waals surface area contributed by atoms with Crippen LogP contribution in [0.1, 0.15) is 33.6 Å². The largest absolute Gasteiger partial charge is 0.444 e. The number of hydrogen-bond donors (Lipinski definition) is 3. The van der Waals surface area contributed by atoms with Gasteiger partial charge in [0.25, 0.3) is 6.43 Å². The summed E-state index contributed by atoms with van der Waals surface area (Å²) in [6.07, 6.45) is -4.76. The molecular formula is C12H22F2N2O3. The SMILES string of the molecule is CC(C)(C)OC(=O)NC1(C(O)C(F)F)CCCNC1. The van der Waals surface area contributed by atoms with E-state index in [1.807, 2.05) is 0 Å². The average molecular weight is 280 g/mol. The molecule has 0 aromatic carbocycles. The molecule has 0 spiro atoms. The van der Waals surface area contributed by atoms with E-state index in [9.17, 15) is 18.7 Å². The molecule has 0 bridgehead atoms. The normalized spacial score (nSPS) is 26.1. The molecule has 2 atom stereocenters. The Morgan fingerprint density at radius 3 is 2.53 bits per heavy atom. The number of alkyl carbamates (subject to hydrolysis) is 1. The molecule has 1 aliphatic rings. The van der Waals surface area contributed by atoms with E-state index in [0.717, 1.165) is 0 Å². The molecule has 7 heteroatoms. The lowest BCUT2D eigenvalue weighted by Crippen LogP contribution is -2.66. The van der Waals surface area contributed by atoms with Crippen LogP contribution in [0.5, 0.6) is 0 Å². The number of amides is 1. The highest BCUT2D eigenvalue weighted by Crippen LogP contribution is 2.25. The van der Waals surface area contributed by atoms with E-state index in [1.165, 1.54) is 0 Å². The number of rotatable bonds is 3. The van der Waals surface area contributed by atoms with Gasteiger partial charge in [0.2, 0.25) is 0 Å². The smallest absolute Gasteiger partial charge is 0.408 e. The minimum absolute atomic E-state index is 0.0950. The van der Waals surface area contributed by atoms with Crippen LogP contribution in [-0.2, 0) is 4.74 Å². The van der Waals surface area contributed by atoms with Gasteiger partial charge >= 0.3 is 6.09 Å². The van der Waals surface area contributed by atoms with Crippen molar-refractivity contribution < 1.29 is 23.4 Å². The van der Waals surface area contributed by atoms with E-state index in [1.54, 1.807) is 20.8 Å². The predicted molar refractivity (Wildman–Crippen MR) is 66.2 cm³/mol. The second kappa shape index (κ2) is 6.00. The summed E-state index contributed by atoms with van der Waals surface area (Å²) < 4.78 is 30.6. The molecule has 0 radical (unpaired) electrons. The van der Waals surface area contributed by atoms with E-state index in [2.05, 4.69) is 10.6 Å². The minimum atomic E-state index is -2.92. The lowest BCUT2D eigenvalue weighted by atomic mass is 9.84. The van der Waals surface area contributed by atoms with Crippen molar-refractivity contribution in [2.75, 3.05) is 13.1 Å². The second-order valence-electron chi connectivity index (χ2n) is 5.84. The molecule has 0 aromatic rings. The summed E-state index contributed by atoms with van der Waals surface area (Å²) in [6.45, 7) is 5.82. The lowest BCUT2D eigenvalue weighted by Gasteiger charge is -2.41. The topological polar surface area (TPSA) is 70.6 Å². The fourth-order valence-electron chi connectivity index (χ4n) is 2.11. The van der Waals surface area contributed by atoms with Crippen LogP contribution in [0, 0.1) is 0 Å². The molecule has 3 N–H and O–H groups in total. The molecule has 1 rings (SSSR count). The maximum absolute atomic E-state index is 12.8. The van der Waals surface area contributed by atoms with Crippen LogP contribution in [0.2, 0.25) is 0 Å². The number of alkyl halides is 2. The van der Waals surface area contributed by atoms with Gasteiger partial charge in [-0.3, -0.25) is 0 Å². The molecule has 1 saturated heterocycles. The molecule has 0 aliphatic carbocycles. The molecule has 112 valence electrons. The highest BCUT2D eigenvalue weighted by Gasteiger charge is 2.45. The van der Waals surface area contributed by atoms with E-state index < -0.39 is 29.8 Å². The van der Waals surface area contributed by atoms with Crippen LogP contribution in [0.15, 0.2) is 0 Å². The molecule has 1 heterocycles. The third-order valence-corrected chi connectivity index (χ3v) is 2.97. The van der Waals surface area contributed by atoms with Gasteiger partial charge in [0.05, 0.1) is 5.54 Å². The standard InChI is InChI=1S/C12H22F2N2O3/c1-11(2,3)19-10(18)16-12(8(17)9(13)14)5-4-6-15-7-12/h8-9,15,17H,4-7H2,1-3H3,(H,16,18). The Hall–Kier alpha value is -0.950. The summed E-state index contributed by atoms with van der Waals surface area (Å²) in [5.41, 5.74) is -2.10. The molecule has 1 aliphatic heterocycles. The Labute approximate surface area is 111 Å². The first-order chi connectivity index (χ1) is 8.66. The fourth-order valence-corrected chi connectivity index (χ4v) is 2.11. The van der Waals surface area contributed by atoms with Crippen molar-refractivity contribution in [3.63, 3.8) is 0 Å². The number of carbonyl (C=O) groups excluding carboxylic acids is 1. The number of carbonyl (C=O) groups is 1. The van der Waals surface area contributed by atoms with Crippen LogP contribution in [-0.4, -0.2) is 48.0 Å². The summed E-state index contributed by atoms with van der Waals surface area (Å²) in [7, 11) is 0. The van der Waals surface area contributed by atoms with Gasteiger partial charge in [-0.05, 0) is 40.2 Å². The molecule has 5 nitrogen and oxygen atoms in total. The van der Waals surface area contributed by atoms with E-state index in [0.29, 0.717) is 13.0 Å². The van der Waals surface area contributed by atoms with Crippen molar-refractivity contribution in [2.45, 2.75) is 57.3 Å².